The highest BCUT2D eigenvalue weighted by Crippen LogP contribution is 2.23. The van der Waals surface area contributed by atoms with Crippen LogP contribution in [-0.2, 0) is 0 Å². The highest BCUT2D eigenvalue weighted by atomic mass is 16.3. The minimum Gasteiger partial charge on any atom is -0.393 e. The molecule has 0 aromatic heterocycles. The Morgan fingerprint density at radius 3 is 2.32 bits per heavy atom. The van der Waals surface area contributed by atoms with Gasteiger partial charge in [-0.05, 0) is 49.9 Å². The Bertz CT molecular complexity index is 568. The molecule has 3 nitrogen and oxygen atoms in total. The number of aliphatic hydroxyl groups excluding tert-OH is 1. The van der Waals surface area contributed by atoms with E-state index in [9.17, 15) is 9.90 Å². The number of hydrogen-bond acceptors (Lipinski definition) is 2. The van der Waals surface area contributed by atoms with Crippen LogP contribution >= 0.6 is 0 Å². The number of likely N-dealkylation sites (tertiary alicyclic amines) is 1. The number of benzene rings is 1. The van der Waals surface area contributed by atoms with Crippen LogP contribution in [-0.4, -0.2) is 35.1 Å². The van der Waals surface area contributed by atoms with Gasteiger partial charge in [0.1, 0.15) is 0 Å². The molecule has 3 heteroatoms. The lowest BCUT2D eigenvalue weighted by Crippen LogP contribution is -2.40. The first-order valence-electron chi connectivity index (χ1n) is 8.31. The standard InChI is InChI=1S/C19H23NO2/c21-18-11-13-20(14-12-18)19(22)17-9-7-16(8-10-17)6-5-15-3-1-2-4-15/h7-10,15,18,21H,1-4,11-14H2. The van der Waals surface area contributed by atoms with Crippen molar-refractivity contribution >= 4 is 5.91 Å². The molecule has 1 aromatic rings. The first-order valence-corrected chi connectivity index (χ1v) is 8.31. The highest BCUT2D eigenvalue weighted by molar-refractivity contribution is 5.94. The van der Waals surface area contributed by atoms with E-state index in [0.717, 1.165) is 5.56 Å². The van der Waals surface area contributed by atoms with Crippen molar-refractivity contribution in [3.05, 3.63) is 35.4 Å². The molecule has 0 spiro atoms. The van der Waals surface area contributed by atoms with Gasteiger partial charge in [-0.3, -0.25) is 4.79 Å². The van der Waals surface area contributed by atoms with Gasteiger partial charge in [-0.1, -0.05) is 24.7 Å². The molecule has 1 amide bonds. The Morgan fingerprint density at radius 1 is 1.05 bits per heavy atom. The van der Waals surface area contributed by atoms with Gasteiger partial charge in [-0.15, -0.1) is 0 Å². The van der Waals surface area contributed by atoms with E-state index in [0.29, 0.717) is 37.4 Å². The van der Waals surface area contributed by atoms with Crippen molar-refractivity contribution in [2.24, 2.45) is 5.92 Å². The molecular weight excluding hydrogens is 274 g/mol. The van der Waals surface area contributed by atoms with Gasteiger partial charge in [0.25, 0.3) is 5.91 Å². The molecule has 1 aromatic carbocycles. The molecule has 1 saturated heterocycles. The third kappa shape index (κ3) is 3.69. The SMILES string of the molecule is O=C(c1ccc(C#CC2CCCC2)cc1)N1CCC(O)CC1. The zero-order valence-electron chi connectivity index (χ0n) is 12.9. The van der Waals surface area contributed by atoms with Gasteiger partial charge < -0.3 is 10.0 Å². The van der Waals surface area contributed by atoms with Crippen LogP contribution in [0.4, 0.5) is 0 Å². The Morgan fingerprint density at radius 2 is 1.68 bits per heavy atom. The van der Waals surface area contributed by atoms with Gasteiger partial charge in [-0.25, -0.2) is 0 Å². The lowest BCUT2D eigenvalue weighted by molar-refractivity contribution is 0.0546. The molecule has 1 aliphatic heterocycles. The average Bonchev–Trinajstić information content (AvgIpc) is 3.07. The molecular formula is C19H23NO2. The van der Waals surface area contributed by atoms with E-state index in [2.05, 4.69) is 11.8 Å². The summed E-state index contributed by atoms with van der Waals surface area (Å²) in [4.78, 5) is 14.2. The fraction of sp³-hybridized carbons (Fsp3) is 0.526. The summed E-state index contributed by atoms with van der Waals surface area (Å²) in [6.07, 6.45) is 6.16. The topological polar surface area (TPSA) is 40.5 Å². The normalized spacial score (nSPS) is 19.8. The van der Waals surface area contributed by atoms with Crippen molar-refractivity contribution in [1.29, 1.82) is 0 Å². The number of rotatable bonds is 1. The van der Waals surface area contributed by atoms with Crippen LogP contribution in [0.25, 0.3) is 0 Å². The van der Waals surface area contributed by atoms with E-state index in [1.54, 1.807) is 0 Å². The third-order valence-corrected chi connectivity index (χ3v) is 4.66. The van der Waals surface area contributed by atoms with Gasteiger partial charge in [0.05, 0.1) is 6.10 Å². The molecule has 3 rings (SSSR count). The third-order valence-electron chi connectivity index (χ3n) is 4.66. The van der Waals surface area contributed by atoms with Crippen LogP contribution in [0.2, 0.25) is 0 Å². The summed E-state index contributed by atoms with van der Waals surface area (Å²) in [6.45, 7) is 1.28. The van der Waals surface area contributed by atoms with E-state index < -0.39 is 0 Å². The Kier molecular flexibility index (Phi) is 4.80. The summed E-state index contributed by atoms with van der Waals surface area (Å²) >= 11 is 0. The van der Waals surface area contributed by atoms with Crippen molar-refractivity contribution in [1.82, 2.24) is 4.90 Å². The van der Waals surface area contributed by atoms with Crippen LogP contribution in [0.15, 0.2) is 24.3 Å². The predicted molar refractivity (Wildman–Crippen MR) is 86.4 cm³/mol. The summed E-state index contributed by atoms with van der Waals surface area (Å²) in [6, 6.07) is 7.61. The van der Waals surface area contributed by atoms with E-state index in [1.807, 2.05) is 29.2 Å². The van der Waals surface area contributed by atoms with Gasteiger partial charge in [0.15, 0.2) is 0 Å². The molecule has 2 aliphatic rings. The minimum atomic E-state index is -0.253. The molecule has 0 bridgehead atoms. The smallest absolute Gasteiger partial charge is 0.253 e. The molecule has 1 N–H and O–H groups in total. The fourth-order valence-electron chi connectivity index (χ4n) is 3.20. The number of piperidine rings is 1. The summed E-state index contributed by atoms with van der Waals surface area (Å²) in [5.41, 5.74) is 1.69. The number of hydrogen-bond donors (Lipinski definition) is 1. The number of carbonyl (C=O) groups excluding carboxylic acids is 1. The second-order valence-electron chi connectivity index (χ2n) is 6.35. The zero-order valence-corrected chi connectivity index (χ0v) is 12.9. The lowest BCUT2D eigenvalue weighted by atomic mass is 10.1. The van der Waals surface area contributed by atoms with Gasteiger partial charge >= 0.3 is 0 Å². The maximum Gasteiger partial charge on any atom is 0.253 e. The molecule has 0 atom stereocenters. The molecule has 0 unspecified atom stereocenters. The number of carbonyl (C=O) groups is 1. The summed E-state index contributed by atoms with van der Waals surface area (Å²) in [5.74, 6) is 7.19. The van der Waals surface area contributed by atoms with Crippen LogP contribution < -0.4 is 0 Å². The van der Waals surface area contributed by atoms with Crippen molar-refractivity contribution in [3.8, 4) is 11.8 Å². The van der Waals surface area contributed by atoms with Crippen molar-refractivity contribution in [3.63, 3.8) is 0 Å². The van der Waals surface area contributed by atoms with Crippen molar-refractivity contribution in [2.75, 3.05) is 13.1 Å². The average molecular weight is 297 g/mol. The maximum atomic E-state index is 12.4. The maximum absolute atomic E-state index is 12.4. The number of aliphatic hydroxyl groups is 1. The molecule has 1 aliphatic carbocycles. The first-order chi connectivity index (χ1) is 10.7. The largest absolute Gasteiger partial charge is 0.393 e. The molecule has 2 fully saturated rings. The quantitative estimate of drug-likeness (QED) is 0.810. The van der Waals surface area contributed by atoms with E-state index in [1.165, 1.54) is 25.7 Å². The van der Waals surface area contributed by atoms with Crippen LogP contribution in [0.1, 0.15) is 54.4 Å². The van der Waals surface area contributed by atoms with Gasteiger partial charge in [0.2, 0.25) is 0 Å². The zero-order chi connectivity index (χ0) is 15.4. The van der Waals surface area contributed by atoms with Crippen LogP contribution in [0, 0.1) is 17.8 Å². The molecule has 22 heavy (non-hydrogen) atoms. The summed E-state index contributed by atoms with van der Waals surface area (Å²) < 4.78 is 0. The molecule has 1 saturated carbocycles. The second kappa shape index (κ2) is 6.98. The van der Waals surface area contributed by atoms with E-state index >= 15 is 0 Å². The minimum absolute atomic E-state index is 0.0576. The fourth-order valence-corrected chi connectivity index (χ4v) is 3.20. The second-order valence-corrected chi connectivity index (χ2v) is 6.35. The monoisotopic (exact) mass is 297 g/mol. The van der Waals surface area contributed by atoms with Gasteiger partial charge in [-0.2, -0.15) is 0 Å². The molecule has 116 valence electrons. The Labute approximate surface area is 132 Å². The molecule has 1 heterocycles. The van der Waals surface area contributed by atoms with Gasteiger partial charge in [0, 0.05) is 30.1 Å². The highest BCUT2D eigenvalue weighted by Gasteiger charge is 2.22. The molecule has 0 radical (unpaired) electrons. The van der Waals surface area contributed by atoms with E-state index in [-0.39, 0.29) is 12.0 Å². The van der Waals surface area contributed by atoms with E-state index in [4.69, 9.17) is 0 Å². The Balaban J connectivity index is 1.62. The lowest BCUT2D eigenvalue weighted by Gasteiger charge is -2.29. The number of nitrogens with zero attached hydrogens (tertiary/aromatic N) is 1. The van der Waals surface area contributed by atoms with Crippen molar-refractivity contribution in [2.45, 2.75) is 44.6 Å². The first kappa shape index (κ1) is 15.1. The predicted octanol–water partition coefficient (Wildman–Crippen LogP) is 2.83. The summed E-state index contributed by atoms with van der Waals surface area (Å²) in [7, 11) is 0. The van der Waals surface area contributed by atoms with Crippen LogP contribution in [0.5, 0.6) is 0 Å². The van der Waals surface area contributed by atoms with Crippen LogP contribution in [0.3, 0.4) is 0 Å². The number of amides is 1. The van der Waals surface area contributed by atoms with Crippen molar-refractivity contribution < 1.29 is 9.90 Å². The summed E-state index contributed by atoms with van der Waals surface area (Å²) in [5, 5.41) is 9.51. The Hall–Kier alpha value is -1.79.